The number of hydrogen-bond acceptors (Lipinski definition) is 2. The molecular weight excluding hydrogens is 426 g/mol. The number of nitrogens with one attached hydrogen (secondary N) is 1. The molecule has 0 unspecified atom stereocenters. The van der Waals surface area contributed by atoms with E-state index >= 15 is 0 Å². The van der Waals surface area contributed by atoms with Gasteiger partial charge in [0, 0.05) is 43.6 Å². The highest BCUT2D eigenvalue weighted by atomic mass is 35.5. The number of piperidine rings is 1. The van der Waals surface area contributed by atoms with Gasteiger partial charge in [0.25, 0.3) is 0 Å². The quantitative estimate of drug-likeness (QED) is 0.698. The zero-order valence-corrected chi connectivity index (χ0v) is 20.0. The Bertz CT molecular complexity index is 833. The maximum absolute atomic E-state index is 13.4. The van der Waals surface area contributed by atoms with Gasteiger partial charge in [0.15, 0.2) is 0 Å². The Kier molecular flexibility index (Phi) is 11.7. The summed E-state index contributed by atoms with van der Waals surface area (Å²) in [4.78, 5) is 15.5. The molecule has 2 heterocycles. The van der Waals surface area contributed by atoms with Crippen LogP contribution in [0, 0.1) is 11.3 Å². The molecular formula is C25H42ClN3O3. The highest BCUT2D eigenvalue weighted by Crippen LogP contribution is 2.42. The lowest BCUT2D eigenvalue weighted by Gasteiger charge is -2.46. The second-order valence-electron chi connectivity index (χ2n) is 9.35. The van der Waals surface area contributed by atoms with Crippen molar-refractivity contribution in [3.05, 3.63) is 58.9 Å². The zero-order valence-electron chi connectivity index (χ0n) is 19.3. The van der Waals surface area contributed by atoms with Gasteiger partial charge >= 0.3 is 0 Å². The average Bonchev–Trinajstić information content (AvgIpc) is 3.06. The van der Waals surface area contributed by atoms with Crippen LogP contribution in [0.25, 0.3) is 0 Å². The predicted octanol–water partition coefficient (Wildman–Crippen LogP) is 3.82. The third-order valence-corrected chi connectivity index (χ3v) is 6.55. The lowest BCUT2D eigenvalue weighted by atomic mass is 9.70. The molecule has 32 heavy (non-hydrogen) atoms. The standard InChI is InChI=1S/C24H34ClN3O.CH4.2H2O/c1-17(2)22(26-15-20-7-6-13-27(20)5)23(29)28-14-12-21(24(3,4)16-28)18-8-10-19(25)11-9-18;;;/h6-11,13,17,21-22,26H,12,14-16H2,1-5H3;1H4;2*1H2/t21-,22-;;;/m1.../s1. The molecule has 1 aliphatic rings. The Balaban J connectivity index is 0.00000320. The molecule has 1 aromatic heterocycles. The maximum Gasteiger partial charge on any atom is 0.239 e. The van der Waals surface area contributed by atoms with Crippen LogP contribution in [0.2, 0.25) is 5.02 Å². The van der Waals surface area contributed by atoms with Crippen molar-refractivity contribution in [2.75, 3.05) is 13.1 Å². The van der Waals surface area contributed by atoms with Gasteiger partial charge in [-0.1, -0.05) is 58.9 Å². The Hall–Kier alpha value is -1.86. The molecule has 3 rings (SSSR count). The maximum atomic E-state index is 13.4. The van der Waals surface area contributed by atoms with E-state index < -0.39 is 0 Å². The molecule has 1 aromatic carbocycles. The molecule has 0 aliphatic carbocycles. The van der Waals surface area contributed by atoms with Crippen LogP contribution in [0.3, 0.4) is 0 Å². The molecule has 2 aromatic rings. The third-order valence-electron chi connectivity index (χ3n) is 6.30. The number of amides is 1. The number of carbonyl (C=O) groups is 1. The summed E-state index contributed by atoms with van der Waals surface area (Å²) in [5.41, 5.74) is 2.51. The second kappa shape index (κ2) is 12.4. The minimum absolute atomic E-state index is 0. The van der Waals surface area contributed by atoms with E-state index in [9.17, 15) is 4.79 Å². The van der Waals surface area contributed by atoms with Crippen molar-refractivity contribution in [2.45, 2.75) is 60.0 Å². The van der Waals surface area contributed by atoms with Gasteiger partial charge in [-0.15, -0.1) is 0 Å². The molecule has 1 aliphatic heterocycles. The van der Waals surface area contributed by atoms with E-state index in [1.54, 1.807) is 0 Å². The average molecular weight is 468 g/mol. The van der Waals surface area contributed by atoms with Gasteiger partial charge in [-0.25, -0.2) is 0 Å². The fourth-order valence-corrected chi connectivity index (χ4v) is 4.68. The van der Waals surface area contributed by atoms with E-state index in [0.717, 1.165) is 24.5 Å². The SMILES string of the molecule is C.CC(C)[C@@H](NCc1cccn1C)C(=O)N1CC[C@H](c2ccc(Cl)cc2)C(C)(C)C1.O.O. The number of aromatic nitrogens is 1. The summed E-state index contributed by atoms with van der Waals surface area (Å²) in [6, 6.07) is 12.1. The molecule has 0 saturated carbocycles. The monoisotopic (exact) mass is 467 g/mol. The van der Waals surface area contributed by atoms with Crippen LogP contribution < -0.4 is 5.32 Å². The van der Waals surface area contributed by atoms with Crippen molar-refractivity contribution in [1.29, 1.82) is 0 Å². The largest absolute Gasteiger partial charge is 0.412 e. The van der Waals surface area contributed by atoms with E-state index in [4.69, 9.17) is 11.6 Å². The third kappa shape index (κ3) is 6.82. The van der Waals surface area contributed by atoms with E-state index in [0.29, 0.717) is 12.5 Å². The molecule has 0 bridgehead atoms. The summed E-state index contributed by atoms with van der Waals surface area (Å²) in [6.45, 7) is 11.0. The van der Waals surface area contributed by atoms with Crippen LogP contribution in [-0.2, 0) is 18.4 Å². The fourth-order valence-electron chi connectivity index (χ4n) is 4.56. The molecule has 1 saturated heterocycles. The lowest BCUT2D eigenvalue weighted by molar-refractivity contribution is -0.138. The van der Waals surface area contributed by atoms with Crippen LogP contribution in [0.5, 0.6) is 0 Å². The minimum Gasteiger partial charge on any atom is -0.412 e. The van der Waals surface area contributed by atoms with Crippen LogP contribution in [0.15, 0.2) is 42.6 Å². The summed E-state index contributed by atoms with van der Waals surface area (Å²) in [6.07, 6.45) is 3.01. The van der Waals surface area contributed by atoms with E-state index in [1.807, 2.05) is 31.4 Å². The summed E-state index contributed by atoms with van der Waals surface area (Å²) < 4.78 is 2.09. The highest BCUT2D eigenvalue weighted by Gasteiger charge is 2.40. The first-order valence-corrected chi connectivity index (χ1v) is 10.9. The first-order valence-electron chi connectivity index (χ1n) is 10.6. The van der Waals surface area contributed by atoms with Crippen LogP contribution in [-0.4, -0.2) is 45.5 Å². The van der Waals surface area contributed by atoms with Crippen molar-refractivity contribution < 1.29 is 15.7 Å². The van der Waals surface area contributed by atoms with Crippen molar-refractivity contribution >= 4 is 17.5 Å². The Morgan fingerprint density at radius 3 is 2.31 bits per heavy atom. The van der Waals surface area contributed by atoms with Gasteiger partial charge in [0.1, 0.15) is 0 Å². The number of benzene rings is 1. The number of carbonyl (C=O) groups excluding carboxylic acids is 1. The molecule has 1 fully saturated rings. The number of likely N-dealkylation sites (tertiary alicyclic amines) is 1. The normalized spacial score (nSPS) is 18.2. The number of aryl methyl sites for hydroxylation is 1. The van der Waals surface area contributed by atoms with Gasteiger partial charge in [-0.3, -0.25) is 4.79 Å². The number of hydrogen-bond donors (Lipinski definition) is 1. The predicted molar refractivity (Wildman–Crippen MR) is 134 cm³/mol. The Labute approximate surface area is 198 Å². The lowest BCUT2D eigenvalue weighted by Crippen LogP contribution is -2.54. The van der Waals surface area contributed by atoms with Gasteiger partial charge in [0.05, 0.1) is 6.04 Å². The first kappa shape index (κ1) is 30.1. The molecule has 0 spiro atoms. The molecule has 6 nitrogen and oxygen atoms in total. The summed E-state index contributed by atoms with van der Waals surface area (Å²) >= 11 is 6.07. The van der Waals surface area contributed by atoms with E-state index in [1.165, 1.54) is 11.3 Å². The van der Waals surface area contributed by atoms with Crippen LogP contribution in [0.1, 0.15) is 58.7 Å². The molecule has 2 atom stereocenters. The van der Waals surface area contributed by atoms with Gasteiger partial charge in [-0.05, 0) is 53.5 Å². The summed E-state index contributed by atoms with van der Waals surface area (Å²) in [5.74, 6) is 0.884. The van der Waals surface area contributed by atoms with E-state index in [-0.39, 0.29) is 41.7 Å². The van der Waals surface area contributed by atoms with E-state index in [2.05, 4.69) is 60.7 Å². The van der Waals surface area contributed by atoms with Crippen molar-refractivity contribution in [1.82, 2.24) is 14.8 Å². The summed E-state index contributed by atoms with van der Waals surface area (Å²) in [5, 5.41) is 4.28. The zero-order chi connectivity index (χ0) is 21.2. The highest BCUT2D eigenvalue weighted by molar-refractivity contribution is 6.30. The van der Waals surface area contributed by atoms with Gasteiger partial charge in [-0.2, -0.15) is 0 Å². The van der Waals surface area contributed by atoms with Gasteiger partial charge in [0.2, 0.25) is 5.91 Å². The molecule has 0 radical (unpaired) electrons. The fraction of sp³-hybridized carbons (Fsp3) is 0.560. The molecule has 182 valence electrons. The van der Waals surface area contributed by atoms with Crippen molar-refractivity contribution in [2.24, 2.45) is 18.4 Å². The number of halogens is 1. The minimum atomic E-state index is -0.173. The smallest absolute Gasteiger partial charge is 0.239 e. The Morgan fingerprint density at radius 2 is 1.81 bits per heavy atom. The van der Waals surface area contributed by atoms with Crippen molar-refractivity contribution in [3.63, 3.8) is 0 Å². The molecule has 5 N–H and O–H groups in total. The van der Waals surface area contributed by atoms with Crippen molar-refractivity contribution in [3.8, 4) is 0 Å². The molecule has 7 heteroatoms. The summed E-state index contributed by atoms with van der Waals surface area (Å²) in [7, 11) is 2.03. The van der Waals surface area contributed by atoms with Crippen LogP contribution >= 0.6 is 11.6 Å². The number of rotatable bonds is 6. The number of nitrogens with zero attached hydrogens (tertiary/aromatic N) is 2. The second-order valence-corrected chi connectivity index (χ2v) is 9.79. The first-order chi connectivity index (χ1) is 13.7. The van der Waals surface area contributed by atoms with Gasteiger partial charge < -0.3 is 25.7 Å². The Morgan fingerprint density at radius 1 is 1.19 bits per heavy atom. The van der Waals surface area contributed by atoms with Crippen LogP contribution in [0.4, 0.5) is 0 Å². The topological polar surface area (TPSA) is 100 Å². The molecule has 1 amide bonds.